The van der Waals surface area contributed by atoms with Crippen LogP contribution in [0.3, 0.4) is 0 Å². The predicted molar refractivity (Wildman–Crippen MR) is 106 cm³/mol. The van der Waals surface area contributed by atoms with Gasteiger partial charge in [0.1, 0.15) is 23.5 Å². The first-order valence-electron chi connectivity index (χ1n) is 9.52. The number of hydrogen-bond acceptors (Lipinski definition) is 6. The Morgan fingerprint density at radius 2 is 2.00 bits per heavy atom. The molecule has 0 bridgehead atoms. The normalized spacial score (nSPS) is 20.1. The maximum absolute atomic E-state index is 13.8. The largest absolute Gasteiger partial charge is 0.489 e. The smallest absolute Gasteiger partial charge is 0.257 e. The van der Waals surface area contributed by atoms with Crippen LogP contribution < -0.4 is 10.1 Å². The van der Waals surface area contributed by atoms with Crippen LogP contribution >= 0.6 is 11.6 Å². The minimum atomic E-state index is -0.452. The molecule has 2 aromatic rings. The molecule has 1 aromatic carbocycles. The zero-order valence-corrected chi connectivity index (χ0v) is 16.5. The van der Waals surface area contributed by atoms with Crippen LogP contribution in [0.5, 0.6) is 5.75 Å². The summed E-state index contributed by atoms with van der Waals surface area (Å²) in [5, 5.41) is 11.9. The summed E-state index contributed by atoms with van der Waals surface area (Å²) in [7, 11) is 0. The summed E-state index contributed by atoms with van der Waals surface area (Å²) in [6, 6.07) is 3.96. The average Bonchev–Trinajstić information content (AvgIpc) is 3.11. The van der Waals surface area contributed by atoms with Gasteiger partial charge in [-0.2, -0.15) is 0 Å². The van der Waals surface area contributed by atoms with E-state index in [-0.39, 0.29) is 36.8 Å². The number of likely N-dealkylation sites (tertiary alicyclic amines) is 1. The number of amides is 1. The van der Waals surface area contributed by atoms with Gasteiger partial charge in [0.25, 0.3) is 5.91 Å². The van der Waals surface area contributed by atoms with Gasteiger partial charge >= 0.3 is 0 Å². The maximum Gasteiger partial charge on any atom is 0.257 e. The highest BCUT2D eigenvalue weighted by Gasteiger charge is 2.35. The van der Waals surface area contributed by atoms with Crippen LogP contribution in [0.25, 0.3) is 0 Å². The topological polar surface area (TPSA) is 91.2 Å². The Morgan fingerprint density at radius 3 is 2.72 bits per heavy atom. The molecule has 1 amide bonds. The monoisotopic (exact) mass is 417 g/mol. The maximum atomic E-state index is 13.8. The Balaban J connectivity index is 1.53. The highest BCUT2D eigenvalue weighted by Crippen LogP contribution is 2.28. The summed E-state index contributed by atoms with van der Waals surface area (Å²) in [4.78, 5) is 23.1. The summed E-state index contributed by atoms with van der Waals surface area (Å²) >= 11 is 5.83. The zero-order chi connectivity index (χ0) is 20.4. The highest BCUT2D eigenvalue weighted by atomic mass is 35.5. The number of carbonyl (C=O) groups excluding carboxylic acids is 1. The van der Waals surface area contributed by atoms with E-state index in [1.807, 2.05) is 0 Å². The third-order valence-corrected chi connectivity index (χ3v) is 5.37. The number of benzene rings is 1. The van der Waals surface area contributed by atoms with Crippen LogP contribution in [-0.4, -0.2) is 58.8 Å². The third kappa shape index (κ3) is 4.38. The second-order valence-corrected chi connectivity index (χ2v) is 7.67. The molecule has 3 heterocycles. The number of ether oxygens (including phenoxy) is 1. The molecule has 7 nitrogen and oxygen atoms in total. The molecule has 0 spiro atoms. The molecule has 4 rings (SSSR count). The van der Waals surface area contributed by atoms with Crippen LogP contribution in [0.2, 0.25) is 5.02 Å². The van der Waals surface area contributed by atoms with E-state index < -0.39 is 5.82 Å². The zero-order valence-electron chi connectivity index (χ0n) is 15.7. The Kier molecular flexibility index (Phi) is 5.73. The number of piperidine rings is 1. The number of hydrogen-bond donors (Lipinski definition) is 2. The summed E-state index contributed by atoms with van der Waals surface area (Å²) < 4.78 is 19.8. The second kappa shape index (κ2) is 8.42. The van der Waals surface area contributed by atoms with E-state index in [1.54, 1.807) is 4.90 Å². The van der Waals surface area contributed by atoms with Crippen molar-refractivity contribution in [1.82, 2.24) is 20.2 Å². The molecule has 0 saturated carbocycles. The van der Waals surface area contributed by atoms with Gasteiger partial charge in [0.15, 0.2) is 0 Å². The van der Waals surface area contributed by atoms with Gasteiger partial charge in [-0.25, -0.2) is 14.4 Å². The van der Waals surface area contributed by atoms with Gasteiger partial charge < -0.3 is 20.4 Å². The van der Waals surface area contributed by atoms with Gasteiger partial charge in [-0.3, -0.25) is 4.79 Å². The Morgan fingerprint density at radius 1 is 1.28 bits per heavy atom. The Labute approximate surface area is 172 Å². The fourth-order valence-corrected chi connectivity index (χ4v) is 3.74. The van der Waals surface area contributed by atoms with E-state index in [2.05, 4.69) is 15.3 Å². The molecule has 2 N–H and O–H groups in total. The Hall–Kier alpha value is -2.58. The molecule has 152 valence electrons. The van der Waals surface area contributed by atoms with Gasteiger partial charge in [0.05, 0.1) is 23.0 Å². The van der Waals surface area contributed by atoms with Crippen molar-refractivity contribution in [3.63, 3.8) is 0 Å². The number of halogens is 2. The first kappa shape index (κ1) is 19.7. The van der Waals surface area contributed by atoms with Crippen LogP contribution in [0.4, 0.5) is 4.39 Å². The molecular formula is C20H21ClFN5O2. The Bertz CT molecular complexity index is 918. The summed E-state index contributed by atoms with van der Waals surface area (Å²) in [6.45, 7) is 2.10. The molecular weight excluding hydrogens is 397 g/mol. The highest BCUT2D eigenvalue weighted by molar-refractivity contribution is 6.30. The van der Waals surface area contributed by atoms with Crippen molar-refractivity contribution in [1.29, 1.82) is 5.41 Å². The first-order valence-corrected chi connectivity index (χ1v) is 9.90. The lowest BCUT2D eigenvalue weighted by molar-refractivity contribution is 0.0784. The van der Waals surface area contributed by atoms with Crippen molar-refractivity contribution in [2.24, 2.45) is 0 Å². The van der Waals surface area contributed by atoms with Gasteiger partial charge in [0.2, 0.25) is 0 Å². The molecule has 1 unspecified atom stereocenters. The fourth-order valence-electron chi connectivity index (χ4n) is 3.64. The molecule has 2 aliphatic heterocycles. The molecule has 0 aliphatic carbocycles. The van der Waals surface area contributed by atoms with Crippen molar-refractivity contribution >= 4 is 23.2 Å². The minimum absolute atomic E-state index is 0.0586. The van der Waals surface area contributed by atoms with Crippen molar-refractivity contribution in [2.75, 3.05) is 26.2 Å². The lowest BCUT2D eigenvalue weighted by Crippen LogP contribution is -2.35. The van der Waals surface area contributed by atoms with Crippen molar-refractivity contribution in [3.05, 3.63) is 52.8 Å². The van der Waals surface area contributed by atoms with E-state index in [0.717, 1.165) is 25.9 Å². The lowest BCUT2D eigenvalue weighted by atomic mass is 10.1. The fraction of sp³-hybridized carbons (Fsp3) is 0.400. The molecule has 2 aliphatic rings. The molecule has 2 saturated heterocycles. The molecule has 2 fully saturated rings. The molecule has 1 atom stereocenters. The lowest BCUT2D eigenvalue weighted by Gasteiger charge is -2.25. The van der Waals surface area contributed by atoms with Crippen molar-refractivity contribution < 1.29 is 13.9 Å². The predicted octanol–water partition coefficient (Wildman–Crippen LogP) is 2.66. The summed E-state index contributed by atoms with van der Waals surface area (Å²) in [5.41, 5.74) is 0.652. The van der Waals surface area contributed by atoms with Gasteiger partial charge in [0, 0.05) is 30.7 Å². The molecule has 9 heteroatoms. The van der Waals surface area contributed by atoms with Gasteiger partial charge in [-0.1, -0.05) is 11.6 Å². The number of carbonyl (C=O) groups is 1. The SMILES string of the molecule is N=C1CN(C(=O)c2ccc(F)cc2OC2CCNCC2)CC1c1ncc(Cl)cn1. The van der Waals surface area contributed by atoms with Crippen LogP contribution in [0.1, 0.15) is 34.9 Å². The van der Waals surface area contributed by atoms with E-state index in [9.17, 15) is 9.18 Å². The first-order chi connectivity index (χ1) is 14.0. The number of rotatable bonds is 4. The van der Waals surface area contributed by atoms with E-state index >= 15 is 0 Å². The summed E-state index contributed by atoms with van der Waals surface area (Å²) in [6.07, 6.45) is 4.50. The van der Waals surface area contributed by atoms with E-state index in [4.69, 9.17) is 21.7 Å². The molecule has 1 aromatic heterocycles. The van der Waals surface area contributed by atoms with E-state index in [1.165, 1.54) is 30.6 Å². The average molecular weight is 418 g/mol. The molecule has 29 heavy (non-hydrogen) atoms. The van der Waals surface area contributed by atoms with Gasteiger partial charge in [-0.15, -0.1) is 0 Å². The summed E-state index contributed by atoms with van der Waals surface area (Å²) in [5.74, 6) is -0.424. The van der Waals surface area contributed by atoms with E-state index in [0.29, 0.717) is 22.1 Å². The quantitative estimate of drug-likeness (QED) is 0.798. The van der Waals surface area contributed by atoms with Gasteiger partial charge in [-0.05, 0) is 38.1 Å². The number of nitrogens with one attached hydrogen (secondary N) is 2. The van der Waals surface area contributed by atoms with Crippen LogP contribution in [0.15, 0.2) is 30.6 Å². The van der Waals surface area contributed by atoms with Crippen molar-refractivity contribution in [2.45, 2.75) is 24.9 Å². The minimum Gasteiger partial charge on any atom is -0.489 e. The van der Waals surface area contributed by atoms with Crippen LogP contribution in [0, 0.1) is 11.2 Å². The second-order valence-electron chi connectivity index (χ2n) is 7.23. The number of aromatic nitrogens is 2. The van der Waals surface area contributed by atoms with Crippen LogP contribution in [-0.2, 0) is 0 Å². The third-order valence-electron chi connectivity index (χ3n) is 5.18. The standard InChI is InChI=1S/C20H21ClFN5O2/c21-12-8-25-19(26-9-12)16-10-27(11-17(16)23)20(28)15-2-1-13(22)7-18(15)29-14-3-5-24-6-4-14/h1-2,7-9,14,16,23-24H,3-6,10-11H2. The number of nitrogens with zero attached hydrogens (tertiary/aromatic N) is 3. The van der Waals surface area contributed by atoms with Crippen molar-refractivity contribution in [3.8, 4) is 5.75 Å². The molecule has 0 radical (unpaired) electrons.